The normalized spacial score (nSPS) is 10.2. The third-order valence-corrected chi connectivity index (χ3v) is 2.29. The Bertz CT molecular complexity index is 366. The zero-order chi connectivity index (χ0) is 12.0. The lowest BCUT2D eigenvalue weighted by Gasteiger charge is -2.07. The van der Waals surface area contributed by atoms with E-state index in [0.29, 0.717) is 13.1 Å². The van der Waals surface area contributed by atoms with Gasteiger partial charge in [0.2, 0.25) is 5.91 Å². The van der Waals surface area contributed by atoms with E-state index in [1.54, 1.807) is 6.07 Å². The average molecular weight is 224 g/mol. The lowest BCUT2D eigenvalue weighted by molar-refractivity contribution is -0.120. The molecule has 0 aliphatic carbocycles. The molecule has 0 saturated heterocycles. The van der Waals surface area contributed by atoms with Gasteiger partial charge in [-0.2, -0.15) is 0 Å². The SMILES string of the molecule is CCNC(=O)CNCc1cc(F)ccc1C. The number of amides is 1. The van der Waals surface area contributed by atoms with Gasteiger partial charge in [0.15, 0.2) is 0 Å². The van der Waals surface area contributed by atoms with Crippen LogP contribution in [0.1, 0.15) is 18.1 Å². The van der Waals surface area contributed by atoms with Gasteiger partial charge in [0.05, 0.1) is 6.54 Å². The van der Waals surface area contributed by atoms with Crippen LogP contribution in [0.5, 0.6) is 0 Å². The molecule has 0 heterocycles. The zero-order valence-electron chi connectivity index (χ0n) is 9.64. The highest BCUT2D eigenvalue weighted by atomic mass is 19.1. The summed E-state index contributed by atoms with van der Waals surface area (Å²) in [5.74, 6) is -0.294. The highest BCUT2D eigenvalue weighted by Gasteiger charge is 2.02. The quantitative estimate of drug-likeness (QED) is 0.793. The molecule has 3 nitrogen and oxygen atoms in total. The molecule has 0 aliphatic rings. The summed E-state index contributed by atoms with van der Waals surface area (Å²) < 4.78 is 12.9. The molecule has 0 bridgehead atoms. The largest absolute Gasteiger partial charge is 0.355 e. The van der Waals surface area contributed by atoms with Gasteiger partial charge in [0.25, 0.3) is 0 Å². The van der Waals surface area contributed by atoms with Crippen molar-refractivity contribution in [3.63, 3.8) is 0 Å². The van der Waals surface area contributed by atoms with E-state index in [9.17, 15) is 9.18 Å². The van der Waals surface area contributed by atoms with Crippen LogP contribution in [0.2, 0.25) is 0 Å². The molecule has 0 aliphatic heterocycles. The standard InChI is InChI=1S/C12H17FN2O/c1-3-15-12(16)8-14-7-10-6-11(13)5-4-9(10)2/h4-6,14H,3,7-8H2,1-2H3,(H,15,16). The number of benzene rings is 1. The van der Waals surface area contributed by atoms with Crippen LogP contribution in [0.4, 0.5) is 4.39 Å². The van der Waals surface area contributed by atoms with Crippen LogP contribution in [-0.4, -0.2) is 19.0 Å². The Morgan fingerprint density at radius 3 is 2.88 bits per heavy atom. The topological polar surface area (TPSA) is 41.1 Å². The molecule has 0 fully saturated rings. The minimum Gasteiger partial charge on any atom is -0.355 e. The van der Waals surface area contributed by atoms with E-state index >= 15 is 0 Å². The van der Waals surface area contributed by atoms with Crippen molar-refractivity contribution in [3.8, 4) is 0 Å². The molecule has 0 saturated carbocycles. The number of halogens is 1. The number of hydrogen-bond donors (Lipinski definition) is 2. The molecule has 0 radical (unpaired) electrons. The van der Waals surface area contributed by atoms with Crippen molar-refractivity contribution in [1.29, 1.82) is 0 Å². The molecule has 2 N–H and O–H groups in total. The third kappa shape index (κ3) is 3.98. The van der Waals surface area contributed by atoms with Crippen molar-refractivity contribution < 1.29 is 9.18 Å². The van der Waals surface area contributed by atoms with Crippen LogP contribution >= 0.6 is 0 Å². The Hall–Kier alpha value is -1.42. The van der Waals surface area contributed by atoms with Crippen LogP contribution in [0.15, 0.2) is 18.2 Å². The van der Waals surface area contributed by atoms with E-state index in [1.165, 1.54) is 12.1 Å². The van der Waals surface area contributed by atoms with Gasteiger partial charge in [-0.15, -0.1) is 0 Å². The predicted molar refractivity (Wildman–Crippen MR) is 61.5 cm³/mol. The van der Waals surface area contributed by atoms with Gasteiger partial charge in [-0.25, -0.2) is 4.39 Å². The second-order valence-electron chi connectivity index (χ2n) is 3.63. The van der Waals surface area contributed by atoms with Crippen molar-refractivity contribution in [2.45, 2.75) is 20.4 Å². The summed E-state index contributed by atoms with van der Waals surface area (Å²) in [5.41, 5.74) is 1.90. The molecule has 0 atom stereocenters. The van der Waals surface area contributed by atoms with E-state index < -0.39 is 0 Å². The van der Waals surface area contributed by atoms with Gasteiger partial charge in [-0.3, -0.25) is 4.79 Å². The molecule has 1 aromatic carbocycles. The molecule has 1 amide bonds. The smallest absolute Gasteiger partial charge is 0.233 e. The highest BCUT2D eigenvalue weighted by molar-refractivity contribution is 5.77. The monoisotopic (exact) mass is 224 g/mol. The lowest BCUT2D eigenvalue weighted by atomic mass is 10.1. The first-order chi connectivity index (χ1) is 7.63. The fourth-order valence-corrected chi connectivity index (χ4v) is 1.40. The first-order valence-corrected chi connectivity index (χ1v) is 5.36. The van der Waals surface area contributed by atoms with Crippen molar-refractivity contribution in [2.24, 2.45) is 0 Å². The van der Waals surface area contributed by atoms with E-state index in [2.05, 4.69) is 10.6 Å². The first-order valence-electron chi connectivity index (χ1n) is 5.36. The van der Waals surface area contributed by atoms with Gasteiger partial charge in [-0.1, -0.05) is 6.07 Å². The summed E-state index contributed by atoms with van der Waals surface area (Å²) in [6.45, 7) is 5.17. The van der Waals surface area contributed by atoms with Gasteiger partial charge < -0.3 is 10.6 Å². The number of aryl methyl sites for hydroxylation is 1. The second kappa shape index (κ2) is 6.23. The van der Waals surface area contributed by atoms with Gasteiger partial charge in [0.1, 0.15) is 5.82 Å². The maximum Gasteiger partial charge on any atom is 0.233 e. The number of carbonyl (C=O) groups excluding carboxylic acids is 1. The summed E-state index contributed by atoms with van der Waals surface area (Å²) in [6.07, 6.45) is 0. The number of rotatable bonds is 5. The maximum atomic E-state index is 12.9. The fraction of sp³-hybridized carbons (Fsp3) is 0.417. The average Bonchev–Trinajstić information content (AvgIpc) is 2.23. The van der Waals surface area contributed by atoms with Crippen molar-refractivity contribution in [1.82, 2.24) is 10.6 Å². The van der Waals surface area contributed by atoms with Crippen LogP contribution < -0.4 is 10.6 Å². The number of hydrogen-bond acceptors (Lipinski definition) is 2. The zero-order valence-corrected chi connectivity index (χ0v) is 9.64. The lowest BCUT2D eigenvalue weighted by Crippen LogP contribution is -2.33. The fourth-order valence-electron chi connectivity index (χ4n) is 1.40. The molecule has 1 rings (SSSR count). The summed E-state index contributed by atoms with van der Waals surface area (Å²) >= 11 is 0. The van der Waals surface area contributed by atoms with E-state index in [1.807, 2.05) is 13.8 Å². The Morgan fingerprint density at radius 1 is 1.44 bits per heavy atom. The molecule has 16 heavy (non-hydrogen) atoms. The molecule has 0 unspecified atom stereocenters. The Kier molecular flexibility index (Phi) is 4.92. The number of carbonyl (C=O) groups is 1. The Balaban J connectivity index is 2.42. The van der Waals surface area contributed by atoms with Crippen molar-refractivity contribution in [3.05, 3.63) is 35.1 Å². The van der Waals surface area contributed by atoms with Gasteiger partial charge in [0, 0.05) is 13.1 Å². The Morgan fingerprint density at radius 2 is 2.19 bits per heavy atom. The predicted octanol–water partition coefficient (Wildman–Crippen LogP) is 1.36. The van der Waals surface area contributed by atoms with Gasteiger partial charge >= 0.3 is 0 Å². The van der Waals surface area contributed by atoms with E-state index in [-0.39, 0.29) is 18.3 Å². The van der Waals surface area contributed by atoms with Crippen LogP contribution in [0.25, 0.3) is 0 Å². The van der Waals surface area contributed by atoms with Crippen molar-refractivity contribution >= 4 is 5.91 Å². The second-order valence-corrected chi connectivity index (χ2v) is 3.63. The molecule has 1 aromatic rings. The number of likely N-dealkylation sites (N-methyl/N-ethyl adjacent to an activating group) is 1. The first kappa shape index (κ1) is 12.6. The maximum absolute atomic E-state index is 12.9. The van der Waals surface area contributed by atoms with Crippen LogP contribution in [0, 0.1) is 12.7 Å². The molecule has 88 valence electrons. The summed E-state index contributed by atoms with van der Waals surface area (Å²) in [6, 6.07) is 4.65. The summed E-state index contributed by atoms with van der Waals surface area (Å²) in [7, 11) is 0. The number of nitrogens with one attached hydrogen (secondary N) is 2. The minimum atomic E-state index is -0.250. The van der Waals surface area contributed by atoms with Crippen molar-refractivity contribution in [2.75, 3.05) is 13.1 Å². The Labute approximate surface area is 95.0 Å². The van der Waals surface area contributed by atoms with E-state index in [0.717, 1.165) is 11.1 Å². The summed E-state index contributed by atoms with van der Waals surface area (Å²) in [5, 5.41) is 5.66. The minimum absolute atomic E-state index is 0.0449. The van der Waals surface area contributed by atoms with Gasteiger partial charge in [-0.05, 0) is 37.1 Å². The molecule has 0 aromatic heterocycles. The molecule has 4 heteroatoms. The summed E-state index contributed by atoms with van der Waals surface area (Å²) in [4.78, 5) is 11.1. The van der Waals surface area contributed by atoms with E-state index in [4.69, 9.17) is 0 Å². The van der Waals surface area contributed by atoms with Crippen LogP contribution in [0.3, 0.4) is 0 Å². The van der Waals surface area contributed by atoms with Crippen LogP contribution in [-0.2, 0) is 11.3 Å². The molecular formula is C12H17FN2O. The molecular weight excluding hydrogens is 207 g/mol. The highest BCUT2D eigenvalue weighted by Crippen LogP contribution is 2.09. The molecule has 0 spiro atoms. The third-order valence-electron chi connectivity index (χ3n) is 2.29.